The van der Waals surface area contributed by atoms with Crippen molar-refractivity contribution in [1.29, 1.82) is 0 Å². The Hall–Kier alpha value is -2.38. The highest BCUT2D eigenvalue weighted by molar-refractivity contribution is 6.36. The van der Waals surface area contributed by atoms with E-state index in [-0.39, 0.29) is 10.8 Å². The van der Waals surface area contributed by atoms with Crippen LogP contribution >= 0.6 is 0 Å². The van der Waals surface area contributed by atoms with Gasteiger partial charge < -0.3 is 0 Å². The highest BCUT2D eigenvalue weighted by atomic mass is 16.2. The largest absolute Gasteiger partial charge is 0.339 e. The van der Waals surface area contributed by atoms with E-state index in [1.165, 1.54) is 14.1 Å². The Morgan fingerprint density at radius 1 is 0.875 bits per heavy atom. The molecule has 2 amide bonds. The van der Waals surface area contributed by atoms with Gasteiger partial charge in [-0.2, -0.15) is 9.98 Å². The second-order valence-corrected chi connectivity index (χ2v) is 3.21. The van der Waals surface area contributed by atoms with Crippen molar-refractivity contribution in [1.82, 2.24) is 9.13 Å². The molecule has 0 aliphatic carbocycles. The van der Waals surface area contributed by atoms with Crippen LogP contribution in [0.4, 0.5) is 0 Å². The van der Waals surface area contributed by atoms with Gasteiger partial charge in [0, 0.05) is 14.1 Å². The monoisotopic (exact) mass is 222 g/mol. The van der Waals surface area contributed by atoms with E-state index in [9.17, 15) is 19.2 Å². The summed E-state index contributed by atoms with van der Waals surface area (Å²) in [7, 11) is 2.59. The van der Waals surface area contributed by atoms with E-state index in [1.807, 2.05) is 0 Å². The lowest BCUT2D eigenvalue weighted by Gasteiger charge is -2.04. The Morgan fingerprint density at radius 3 is 2.06 bits per heavy atom. The summed E-state index contributed by atoms with van der Waals surface area (Å²) in [4.78, 5) is 51.7. The van der Waals surface area contributed by atoms with Crippen LogP contribution in [-0.2, 0) is 23.7 Å². The number of hydrogen-bond acceptors (Lipinski definition) is 4. The highest BCUT2D eigenvalue weighted by Crippen LogP contribution is 1.80. The van der Waals surface area contributed by atoms with Gasteiger partial charge in [0.25, 0.3) is 5.56 Å². The Bertz CT molecular complexity index is 752. The van der Waals surface area contributed by atoms with E-state index in [2.05, 4.69) is 9.98 Å². The highest BCUT2D eigenvalue weighted by Gasteiger charge is 2.19. The van der Waals surface area contributed by atoms with E-state index in [1.54, 1.807) is 0 Å². The molecule has 8 heteroatoms. The van der Waals surface area contributed by atoms with Crippen LogP contribution < -0.4 is 22.1 Å². The Balaban J connectivity index is 3.20. The number of rotatable bonds is 0. The molecule has 1 aromatic heterocycles. The molecule has 2 heterocycles. The van der Waals surface area contributed by atoms with Crippen molar-refractivity contribution in [2.75, 3.05) is 0 Å². The molecule has 0 saturated carbocycles. The molecule has 0 aromatic carbocycles. The fraction of sp³-hybridized carbons (Fsp3) is 0.250. The zero-order valence-electron chi connectivity index (χ0n) is 8.42. The van der Waals surface area contributed by atoms with Crippen LogP contribution in [0, 0.1) is 0 Å². The molecule has 8 nitrogen and oxygen atoms in total. The van der Waals surface area contributed by atoms with Crippen LogP contribution in [0.15, 0.2) is 19.6 Å². The van der Waals surface area contributed by atoms with Gasteiger partial charge in [-0.25, -0.2) is 4.79 Å². The van der Waals surface area contributed by atoms with Crippen LogP contribution in [0.25, 0.3) is 0 Å². The molecule has 2 rings (SSSR count). The summed E-state index contributed by atoms with van der Waals surface area (Å²) in [6.45, 7) is 0. The first-order valence-electron chi connectivity index (χ1n) is 4.25. The predicted molar refractivity (Wildman–Crippen MR) is 49.3 cm³/mol. The summed E-state index contributed by atoms with van der Waals surface area (Å²) < 4.78 is 1.78. The third kappa shape index (κ3) is 1.16. The summed E-state index contributed by atoms with van der Waals surface area (Å²) >= 11 is 0. The van der Waals surface area contributed by atoms with Gasteiger partial charge in [-0.05, 0) is 0 Å². The Kier molecular flexibility index (Phi) is 1.94. The molecule has 0 atom stereocenters. The maximum atomic E-state index is 11.6. The van der Waals surface area contributed by atoms with Gasteiger partial charge >= 0.3 is 17.5 Å². The van der Waals surface area contributed by atoms with E-state index in [4.69, 9.17) is 0 Å². The second-order valence-electron chi connectivity index (χ2n) is 3.21. The van der Waals surface area contributed by atoms with Crippen molar-refractivity contribution >= 4 is 11.8 Å². The second kappa shape index (κ2) is 3.05. The van der Waals surface area contributed by atoms with Gasteiger partial charge in [0.2, 0.25) is 0 Å². The standard InChI is InChI=1S/C8H6N4O4/c1-11-4-3(7(15)12(2)8(11)16)9-5(13)6(14)10-4/h1-2H3. The molecule has 16 heavy (non-hydrogen) atoms. The van der Waals surface area contributed by atoms with Crippen LogP contribution in [0.3, 0.4) is 0 Å². The molecule has 0 N–H and O–H groups in total. The maximum Gasteiger partial charge on any atom is 0.339 e. The molecular weight excluding hydrogens is 216 g/mol. The van der Waals surface area contributed by atoms with Crippen molar-refractivity contribution in [3.05, 3.63) is 31.7 Å². The summed E-state index contributed by atoms with van der Waals surface area (Å²) in [6.07, 6.45) is 0. The summed E-state index contributed by atoms with van der Waals surface area (Å²) in [5.74, 6) is -2.20. The van der Waals surface area contributed by atoms with Gasteiger partial charge in [0.05, 0.1) is 0 Å². The Morgan fingerprint density at radius 2 is 1.44 bits per heavy atom. The van der Waals surface area contributed by atoms with Crippen molar-refractivity contribution in [3.8, 4) is 0 Å². The minimum atomic E-state index is -1.11. The lowest BCUT2D eigenvalue weighted by Crippen LogP contribution is -2.59. The number of nitrogens with zero attached hydrogens (tertiary/aromatic N) is 4. The molecular formula is C8H6N4O4. The van der Waals surface area contributed by atoms with Crippen molar-refractivity contribution in [3.63, 3.8) is 0 Å². The van der Waals surface area contributed by atoms with Gasteiger partial charge in [-0.3, -0.25) is 23.5 Å². The average molecular weight is 222 g/mol. The molecule has 82 valence electrons. The van der Waals surface area contributed by atoms with Crippen molar-refractivity contribution < 1.29 is 9.59 Å². The molecule has 0 saturated heterocycles. The number of carbonyl (C=O) groups excluding carboxylic acids is 2. The van der Waals surface area contributed by atoms with E-state index >= 15 is 0 Å². The van der Waals surface area contributed by atoms with Crippen LogP contribution in [0.1, 0.15) is 0 Å². The minimum Gasteiger partial charge on any atom is -0.279 e. The normalized spacial score (nSPS) is 14.1. The molecule has 0 unspecified atom stereocenters. The fourth-order valence-electron chi connectivity index (χ4n) is 1.33. The molecule has 0 spiro atoms. The molecule has 1 aromatic rings. The lowest BCUT2D eigenvalue weighted by atomic mass is 10.4. The average Bonchev–Trinajstić information content (AvgIpc) is 2.26. The molecule has 1 aliphatic rings. The maximum absolute atomic E-state index is 11.6. The Labute approximate surface area is 87.2 Å². The van der Waals surface area contributed by atoms with E-state index in [0.717, 1.165) is 9.13 Å². The zero-order chi connectivity index (χ0) is 12.0. The fourth-order valence-corrected chi connectivity index (χ4v) is 1.33. The number of hydrogen-bond donors (Lipinski definition) is 0. The topological polar surface area (TPSA) is 103 Å². The lowest BCUT2D eigenvalue weighted by molar-refractivity contribution is -0.135. The van der Waals surface area contributed by atoms with Crippen molar-refractivity contribution in [2.24, 2.45) is 24.1 Å². The first-order chi connectivity index (χ1) is 7.43. The van der Waals surface area contributed by atoms with E-state index in [0.29, 0.717) is 0 Å². The molecule has 1 aliphatic heterocycles. The number of fused-ring (bicyclic) bond motifs is 1. The van der Waals surface area contributed by atoms with Crippen molar-refractivity contribution in [2.45, 2.75) is 0 Å². The van der Waals surface area contributed by atoms with Crippen LogP contribution in [0.2, 0.25) is 0 Å². The van der Waals surface area contributed by atoms with E-state index < -0.39 is 23.1 Å². The molecule has 0 bridgehead atoms. The van der Waals surface area contributed by atoms with Gasteiger partial charge in [-0.1, -0.05) is 0 Å². The predicted octanol–water partition coefficient (Wildman–Crippen LogP) is -3.61. The first kappa shape index (κ1) is 10.1. The van der Waals surface area contributed by atoms with Gasteiger partial charge in [0.15, 0.2) is 10.8 Å². The SMILES string of the molecule is Cn1c(=O)c2c(n(C)c1=O)=NC(=O)C(=O)N=2. The quantitative estimate of drug-likeness (QED) is 0.423. The summed E-state index contributed by atoms with van der Waals surface area (Å²) in [5.41, 5.74) is -1.56. The number of aromatic nitrogens is 2. The third-order valence-corrected chi connectivity index (χ3v) is 2.21. The molecule has 0 radical (unpaired) electrons. The number of carbonyl (C=O) groups is 2. The summed E-state index contributed by atoms with van der Waals surface area (Å²) in [6, 6.07) is 0. The number of amides is 2. The van der Waals surface area contributed by atoms with Gasteiger partial charge in [0.1, 0.15) is 0 Å². The van der Waals surface area contributed by atoms with Gasteiger partial charge in [-0.15, -0.1) is 0 Å². The minimum absolute atomic E-state index is 0.183. The smallest absolute Gasteiger partial charge is 0.279 e. The zero-order valence-corrected chi connectivity index (χ0v) is 8.42. The van der Waals surface area contributed by atoms with Crippen LogP contribution in [0.5, 0.6) is 0 Å². The first-order valence-corrected chi connectivity index (χ1v) is 4.25. The van der Waals surface area contributed by atoms with Crippen LogP contribution in [-0.4, -0.2) is 20.9 Å². The summed E-state index contributed by atoms with van der Waals surface area (Å²) in [5, 5.41) is -0.283. The molecule has 0 fully saturated rings. The third-order valence-electron chi connectivity index (χ3n) is 2.21.